The van der Waals surface area contributed by atoms with E-state index in [1.54, 1.807) is 32.9 Å². The monoisotopic (exact) mass is 365 g/mol. The Kier molecular flexibility index (Phi) is 5.70. The molecule has 25 heavy (non-hydrogen) atoms. The molecule has 0 saturated carbocycles. The van der Waals surface area contributed by atoms with Crippen molar-refractivity contribution < 1.29 is 17.9 Å². The molecule has 0 spiro atoms. The first kappa shape index (κ1) is 19.2. The van der Waals surface area contributed by atoms with E-state index in [4.69, 9.17) is 10.00 Å². The van der Waals surface area contributed by atoms with E-state index in [9.17, 15) is 13.2 Å². The number of sulfonamides is 1. The number of nitrogens with one attached hydrogen (secondary N) is 1. The number of benzene rings is 1. The second kappa shape index (κ2) is 7.42. The van der Waals surface area contributed by atoms with Crippen LogP contribution in [0.5, 0.6) is 0 Å². The number of piperidine rings is 1. The molecule has 0 aliphatic carbocycles. The average molecular weight is 365 g/mol. The summed E-state index contributed by atoms with van der Waals surface area (Å²) < 4.78 is 32.1. The number of rotatable bonds is 3. The first-order valence-electron chi connectivity index (χ1n) is 8.12. The molecule has 1 amide bonds. The molecule has 1 fully saturated rings. The summed E-state index contributed by atoms with van der Waals surface area (Å²) in [5.74, 6) is 0. The Morgan fingerprint density at radius 2 is 2.12 bits per heavy atom. The van der Waals surface area contributed by atoms with Gasteiger partial charge in [-0.15, -0.1) is 0 Å². The summed E-state index contributed by atoms with van der Waals surface area (Å²) in [5.41, 5.74) is -0.316. The van der Waals surface area contributed by atoms with E-state index in [1.165, 1.54) is 16.4 Å². The highest BCUT2D eigenvalue weighted by atomic mass is 32.2. The topological polar surface area (TPSA) is 99.5 Å². The number of amides is 1. The van der Waals surface area contributed by atoms with Gasteiger partial charge in [0.1, 0.15) is 5.60 Å². The Balaban J connectivity index is 2.09. The predicted molar refractivity (Wildman–Crippen MR) is 92.3 cm³/mol. The molecule has 0 aromatic heterocycles. The van der Waals surface area contributed by atoms with Crippen LogP contribution >= 0.6 is 0 Å². The zero-order valence-corrected chi connectivity index (χ0v) is 15.5. The zero-order valence-electron chi connectivity index (χ0n) is 14.7. The van der Waals surface area contributed by atoms with E-state index < -0.39 is 21.7 Å². The van der Waals surface area contributed by atoms with Crippen molar-refractivity contribution in [2.24, 2.45) is 0 Å². The van der Waals surface area contributed by atoms with Gasteiger partial charge in [-0.2, -0.15) is 9.57 Å². The summed E-state index contributed by atoms with van der Waals surface area (Å²) in [6.45, 7) is 5.87. The fourth-order valence-corrected chi connectivity index (χ4v) is 4.20. The van der Waals surface area contributed by atoms with Crippen LogP contribution < -0.4 is 5.32 Å². The summed E-state index contributed by atoms with van der Waals surface area (Å²) >= 11 is 0. The number of nitriles is 1. The highest BCUT2D eigenvalue weighted by Crippen LogP contribution is 2.21. The lowest BCUT2D eigenvalue weighted by Crippen LogP contribution is -2.50. The quantitative estimate of drug-likeness (QED) is 0.885. The Morgan fingerprint density at radius 3 is 2.76 bits per heavy atom. The summed E-state index contributed by atoms with van der Waals surface area (Å²) in [6, 6.07) is 7.57. The van der Waals surface area contributed by atoms with Crippen molar-refractivity contribution in [2.75, 3.05) is 13.1 Å². The molecule has 136 valence electrons. The molecule has 0 radical (unpaired) electrons. The number of ether oxygens (including phenoxy) is 1. The molecule has 1 aromatic carbocycles. The molecular formula is C17H23N3O4S. The number of nitrogens with zero attached hydrogens (tertiary/aromatic N) is 2. The van der Waals surface area contributed by atoms with E-state index in [1.807, 2.05) is 6.07 Å². The van der Waals surface area contributed by atoms with Gasteiger partial charge in [0.05, 0.1) is 16.5 Å². The predicted octanol–water partition coefficient (Wildman–Crippen LogP) is 2.24. The molecule has 0 unspecified atom stereocenters. The Bertz CT molecular complexity index is 778. The first-order valence-corrected chi connectivity index (χ1v) is 9.56. The van der Waals surface area contributed by atoms with Gasteiger partial charge in [0.15, 0.2) is 0 Å². The van der Waals surface area contributed by atoms with E-state index in [0.29, 0.717) is 24.9 Å². The summed E-state index contributed by atoms with van der Waals surface area (Å²) in [5, 5.41) is 11.7. The van der Waals surface area contributed by atoms with Crippen LogP contribution in [0, 0.1) is 11.3 Å². The maximum Gasteiger partial charge on any atom is 0.407 e. The van der Waals surface area contributed by atoms with Crippen molar-refractivity contribution in [3.8, 4) is 6.07 Å². The van der Waals surface area contributed by atoms with Gasteiger partial charge in [-0.3, -0.25) is 0 Å². The average Bonchev–Trinajstić information content (AvgIpc) is 2.53. The minimum atomic E-state index is -3.71. The van der Waals surface area contributed by atoms with Crippen LogP contribution in [0.3, 0.4) is 0 Å². The van der Waals surface area contributed by atoms with Crippen molar-refractivity contribution in [1.82, 2.24) is 9.62 Å². The Labute approximate surface area is 148 Å². The van der Waals surface area contributed by atoms with Crippen molar-refractivity contribution in [2.45, 2.75) is 50.2 Å². The molecular weight excluding hydrogens is 342 g/mol. The van der Waals surface area contributed by atoms with Gasteiger partial charge in [0, 0.05) is 19.1 Å². The fourth-order valence-electron chi connectivity index (χ4n) is 2.63. The summed E-state index contributed by atoms with van der Waals surface area (Å²) in [7, 11) is -3.71. The zero-order chi connectivity index (χ0) is 18.7. The molecule has 2 rings (SSSR count). The highest BCUT2D eigenvalue weighted by Gasteiger charge is 2.31. The van der Waals surface area contributed by atoms with Gasteiger partial charge in [-0.25, -0.2) is 13.2 Å². The normalized spacial score (nSPS) is 19.0. The second-order valence-corrected chi connectivity index (χ2v) is 8.93. The minimum Gasteiger partial charge on any atom is -0.444 e. The lowest BCUT2D eigenvalue weighted by Gasteiger charge is -2.32. The maximum atomic E-state index is 12.8. The van der Waals surface area contributed by atoms with Crippen LogP contribution in [-0.4, -0.2) is 43.5 Å². The van der Waals surface area contributed by atoms with E-state index in [0.717, 1.165) is 0 Å². The molecule has 7 nitrogen and oxygen atoms in total. The molecule has 1 aromatic rings. The third-order valence-electron chi connectivity index (χ3n) is 3.71. The van der Waals surface area contributed by atoms with Crippen LogP contribution in [0.1, 0.15) is 39.2 Å². The van der Waals surface area contributed by atoms with E-state index >= 15 is 0 Å². The number of hydrogen-bond donors (Lipinski definition) is 1. The second-order valence-electron chi connectivity index (χ2n) is 6.99. The lowest BCUT2D eigenvalue weighted by atomic mass is 10.1. The largest absolute Gasteiger partial charge is 0.444 e. The number of carbonyl (C=O) groups excluding carboxylic acids is 1. The lowest BCUT2D eigenvalue weighted by molar-refractivity contribution is 0.0487. The number of carbonyl (C=O) groups is 1. The number of hydrogen-bond acceptors (Lipinski definition) is 5. The first-order chi connectivity index (χ1) is 11.6. The molecule has 1 N–H and O–H groups in total. The van der Waals surface area contributed by atoms with Crippen LogP contribution in [0.2, 0.25) is 0 Å². The molecule has 0 bridgehead atoms. The van der Waals surface area contributed by atoms with Crippen LogP contribution in [-0.2, 0) is 14.8 Å². The van der Waals surface area contributed by atoms with Gasteiger partial charge in [-0.05, 0) is 51.8 Å². The van der Waals surface area contributed by atoms with Gasteiger partial charge in [0.25, 0.3) is 0 Å². The van der Waals surface area contributed by atoms with E-state index in [2.05, 4.69) is 5.32 Å². The van der Waals surface area contributed by atoms with Crippen molar-refractivity contribution in [1.29, 1.82) is 5.26 Å². The van der Waals surface area contributed by atoms with Gasteiger partial charge in [0.2, 0.25) is 10.0 Å². The maximum absolute atomic E-state index is 12.8. The van der Waals surface area contributed by atoms with Crippen LogP contribution in [0.15, 0.2) is 29.2 Å². The molecule has 1 aliphatic rings. The highest BCUT2D eigenvalue weighted by molar-refractivity contribution is 7.89. The summed E-state index contributed by atoms with van der Waals surface area (Å²) in [4.78, 5) is 12.0. The van der Waals surface area contributed by atoms with E-state index in [-0.39, 0.29) is 17.5 Å². The molecule has 1 saturated heterocycles. The fraction of sp³-hybridized carbons (Fsp3) is 0.529. The SMILES string of the molecule is CC(C)(C)OC(=O)N[C@H]1CCCN(S(=O)(=O)c2cccc(C#N)c2)C1. The third kappa shape index (κ3) is 5.18. The smallest absolute Gasteiger partial charge is 0.407 e. The van der Waals surface area contributed by atoms with Gasteiger partial charge >= 0.3 is 6.09 Å². The van der Waals surface area contributed by atoms with Gasteiger partial charge < -0.3 is 10.1 Å². The van der Waals surface area contributed by atoms with Gasteiger partial charge in [-0.1, -0.05) is 6.07 Å². The number of alkyl carbamates (subject to hydrolysis) is 1. The Hall–Kier alpha value is -2.11. The van der Waals surface area contributed by atoms with Crippen molar-refractivity contribution >= 4 is 16.1 Å². The molecule has 1 heterocycles. The third-order valence-corrected chi connectivity index (χ3v) is 5.57. The minimum absolute atomic E-state index is 0.0875. The molecule has 1 atom stereocenters. The molecule has 1 aliphatic heterocycles. The van der Waals surface area contributed by atoms with Crippen LogP contribution in [0.25, 0.3) is 0 Å². The summed E-state index contributed by atoms with van der Waals surface area (Å²) in [6.07, 6.45) is 0.768. The van der Waals surface area contributed by atoms with Crippen molar-refractivity contribution in [3.05, 3.63) is 29.8 Å². The standard InChI is InChI=1S/C17H23N3O4S/c1-17(2,3)24-16(21)19-14-7-5-9-20(12-14)25(22,23)15-8-4-6-13(10-15)11-18/h4,6,8,10,14H,5,7,9,12H2,1-3H3,(H,19,21)/t14-/m0/s1. The van der Waals surface area contributed by atoms with Crippen molar-refractivity contribution in [3.63, 3.8) is 0 Å². The van der Waals surface area contributed by atoms with Crippen LogP contribution in [0.4, 0.5) is 4.79 Å². The Morgan fingerprint density at radius 1 is 1.40 bits per heavy atom. The molecule has 8 heteroatoms.